The number of carbonyl (C=O) groups is 1. The van der Waals surface area contributed by atoms with Crippen LogP contribution >= 0.6 is 11.3 Å². The number of hydrogen-bond donors (Lipinski definition) is 1. The highest BCUT2D eigenvalue weighted by molar-refractivity contribution is 7.14. The predicted molar refractivity (Wildman–Crippen MR) is 106 cm³/mol. The summed E-state index contributed by atoms with van der Waals surface area (Å²) in [5.74, 6) is 1.37. The summed E-state index contributed by atoms with van der Waals surface area (Å²) in [4.78, 5) is 17.3. The fraction of sp³-hybridized carbons (Fsp3) is 0.200. The monoisotopic (exact) mass is 384 g/mol. The molecule has 1 N–H and O–H groups in total. The Bertz CT molecular complexity index is 946. The van der Waals surface area contributed by atoms with Crippen LogP contribution < -0.4 is 19.5 Å². The minimum Gasteiger partial charge on any atom is -0.496 e. The summed E-state index contributed by atoms with van der Waals surface area (Å²) in [6.45, 7) is 1.98. The van der Waals surface area contributed by atoms with Crippen LogP contribution in [-0.2, 0) is 0 Å². The Balaban J connectivity index is 1.84. The Morgan fingerprint density at radius 3 is 2.26 bits per heavy atom. The third-order valence-corrected chi connectivity index (χ3v) is 4.83. The van der Waals surface area contributed by atoms with Crippen LogP contribution in [0.2, 0.25) is 0 Å². The van der Waals surface area contributed by atoms with Crippen molar-refractivity contribution in [2.45, 2.75) is 6.92 Å². The van der Waals surface area contributed by atoms with Crippen LogP contribution in [0.15, 0.2) is 41.8 Å². The van der Waals surface area contributed by atoms with E-state index in [4.69, 9.17) is 14.2 Å². The van der Waals surface area contributed by atoms with Gasteiger partial charge in [0.25, 0.3) is 5.91 Å². The molecule has 2 aromatic carbocycles. The van der Waals surface area contributed by atoms with Gasteiger partial charge in [0.2, 0.25) is 0 Å². The summed E-state index contributed by atoms with van der Waals surface area (Å²) in [6.07, 6.45) is 0. The van der Waals surface area contributed by atoms with Crippen LogP contribution in [0.25, 0.3) is 11.3 Å². The van der Waals surface area contributed by atoms with E-state index in [0.29, 0.717) is 22.2 Å². The lowest BCUT2D eigenvalue weighted by molar-refractivity contribution is 0.102. The molecule has 1 aromatic heterocycles. The summed E-state index contributed by atoms with van der Waals surface area (Å²) >= 11 is 1.35. The molecule has 7 heteroatoms. The molecular formula is C20H20N2O4S. The number of hydrogen-bond acceptors (Lipinski definition) is 6. The number of thiazole rings is 1. The lowest BCUT2D eigenvalue weighted by Crippen LogP contribution is -2.14. The highest BCUT2D eigenvalue weighted by Gasteiger charge is 2.19. The second-order valence-electron chi connectivity index (χ2n) is 5.71. The van der Waals surface area contributed by atoms with Crippen molar-refractivity contribution < 1.29 is 19.0 Å². The summed E-state index contributed by atoms with van der Waals surface area (Å²) in [5, 5.41) is 5.21. The first-order valence-electron chi connectivity index (χ1n) is 8.20. The van der Waals surface area contributed by atoms with E-state index in [1.165, 1.54) is 25.6 Å². The van der Waals surface area contributed by atoms with Crippen LogP contribution in [0.3, 0.4) is 0 Å². The van der Waals surface area contributed by atoms with Crippen molar-refractivity contribution in [3.05, 3.63) is 52.9 Å². The van der Waals surface area contributed by atoms with Crippen molar-refractivity contribution in [1.82, 2.24) is 4.98 Å². The van der Waals surface area contributed by atoms with Gasteiger partial charge < -0.3 is 14.2 Å². The van der Waals surface area contributed by atoms with E-state index in [2.05, 4.69) is 10.3 Å². The van der Waals surface area contributed by atoms with Gasteiger partial charge in [0.05, 0.1) is 27.0 Å². The van der Waals surface area contributed by atoms with Crippen molar-refractivity contribution >= 4 is 22.4 Å². The minimum absolute atomic E-state index is 0.333. The Morgan fingerprint density at radius 2 is 1.67 bits per heavy atom. The van der Waals surface area contributed by atoms with E-state index in [1.54, 1.807) is 25.3 Å². The second kappa shape index (κ2) is 8.09. The van der Waals surface area contributed by atoms with Gasteiger partial charge in [-0.3, -0.25) is 10.1 Å². The standard InChI is InChI=1S/C20H20N2O4S/c1-12-10-13(8-9-15(12)24-2)14-11-27-20(21-14)22-19(23)18-16(25-3)6-5-7-17(18)26-4/h5-11H,1-4H3,(H,21,22,23). The summed E-state index contributed by atoms with van der Waals surface area (Å²) in [7, 11) is 4.67. The van der Waals surface area contributed by atoms with Crippen LogP contribution in [0.5, 0.6) is 17.2 Å². The first kappa shape index (κ1) is 18.7. The second-order valence-corrected chi connectivity index (χ2v) is 6.57. The number of methoxy groups -OCH3 is 3. The van der Waals surface area contributed by atoms with Crippen LogP contribution in [-0.4, -0.2) is 32.2 Å². The van der Waals surface area contributed by atoms with Gasteiger partial charge in [0, 0.05) is 10.9 Å². The fourth-order valence-electron chi connectivity index (χ4n) is 2.74. The van der Waals surface area contributed by atoms with Crippen LogP contribution in [0.1, 0.15) is 15.9 Å². The lowest BCUT2D eigenvalue weighted by Gasteiger charge is -2.11. The van der Waals surface area contributed by atoms with Crippen molar-refractivity contribution in [1.29, 1.82) is 0 Å². The van der Waals surface area contributed by atoms with Crippen molar-refractivity contribution in [3.63, 3.8) is 0 Å². The topological polar surface area (TPSA) is 69.7 Å². The molecule has 0 saturated carbocycles. The molecule has 0 aliphatic heterocycles. The average molecular weight is 384 g/mol. The molecular weight excluding hydrogens is 364 g/mol. The Kier molecular flexibility index (Phi) is 5.61. The number of aryl methyl sites for hydroxylation is 1. The highest BCUT2D eigenvalue weighted by atomic mass is 32.1. The molecule has 0 aliphatic rings. The Morgan fingerprint density at radius 1 is 1.00 bits per heavy atom. The summed E-state index contributed by atoms with van der Waals surface area (Å²) in [6, 6.07) is 11.0. The molecule has 0 aliphatic carbocycles. The molecule has 3 rings (SSSR count). The average Bonchev–Trinajstić information content (AvgIpc) is 3.15. The molecule has 0 bridgehead atoms. The molecule has 0 saturated heterocycles. The van der Waals surface area contributed by atoms with Crippen molar-refractivity contribution in [3.8, 4) is 28.5 Å². The Labute approximate surface area is 161 Å². The lowest BCUT2D eigenvalue weighted by atomic mass is 10.1. The molecule has 1 amide bonds. The van der Waals surface area contributed by atoms with E-state index in [-0.39, 0.29) is 5.91 Å². The first-order valence-corrected chi connectivity index (χ1v) is 9.08. The molecule has 1 heterocycles. The van der Waals surface area contributed by atoms with Gasteiger partial charge in [-0.2, -0.15) is 0 Å². The zero-order chi connectivity index (χ0) is 19.4. The molecule has 3 aromatic rings. The van der Waals surface area contributed by atoms with Gasteiger partial charge >= 0.3 is 0 Å². The first-order chi connectivity index (χ1) is 13.1. The number of carbonyl (C=O) groups excluding carboxylic acids is 1. The summed E-state index contributed by atoms with van der Waals surface area (Å²) < 4.78 is 15.9. The zero-order valence-electron chi connectivity index (χ0n) is 15.5. The van der Waals surface area contributed by atoms with Gasteiger partial charge in [0.1, 0.15) is 22.8 Å². The van der Waals surface area contributed by atoms with Crippen LogP contribution in [0.4, 0.5) is 5.13 Å². The maximum Gasteiger partial charge on any atom is 0.265 e. The molecule has 27 heavy (non-hydrogen) atoms. The zero-order valence-corrected chi connectivity index (χ0v) is 16.3. The number of aromatic nitrogens is 1. The van der Waals surface area contributed by atoms with Gasteiger partial charge in [-0.25, -0.2) is 4.98 Å². The number of rotatable bonds is 6. The molecule has 6 nitrogen and oxygen atoms in total. The molecule has 0 unspecified atom stereocenters. The highest BCUT2D eigenvalue weighted by Crippen LogP contribution is 2.31. The molecule has 0 atom stereocenters. The molecule has 0 fully saturated rings. The van der Waals surface area contributed by atoms with E-state index in [0.717, 1.165) is 22.6 Å². The summed E-state index contributed by atoms with van der Waals surface area (Å²) in [5.41, 5.74) is 3.10. The van der Waals surface area contributed by atoms with E-state index in [9.17, 15) is 4.79 Å². The largest absolute Gasteiger partial charge is 0.496 e. The number of benzene rings is 2. The minimum atomic E-state index is -0.337. The van der Waals surface area contributed by atoms with Gasteiger partial charge in [0.15, 0.2) is 5.13 Å². The van der Waals surface area contributed by atoms with E-state index < -0.39 is 0 Å². The van der Waals surface area contributed by atoms with Gasteiger partial charge in [-0.05, 0) is 42.8 Å². The third kappa shape index (κ3) is 3.88. The normalized spacial score (nSPS) is 10.4. The molecule has 0 spiro atoms. The van der Waals surface area contributed by atoms with Crippen molar-refractivity contribution in [2.75, 3.05) is 26.6 Å². The SMILES string of the molecule is COc1ccc(-c2csc(NC(=O)c3c(OC)cccc3OC)n2)cc1C. The maximum absolute atomic E-state index is 12.7. The fourth-order valence-corrected chi connectivity index (χ4v) is 3.45. The van der Waals surface area contributed by atoms with Crippen molar-refractivity contribution in [2.24, 2.45) is 0 Å². The quantitative estimate of drug-likeness (QED) is 0.682. The van der Waals surface area contributed by atoms with Gasteiger partial charge in [-0.1, -0.05) is 6.07 Å². The van der Waals surface area contributed by atoms with E-state index in [1.807, 2.05) is 30.5 Å². The number of ether oxygens (including phenoxy) is 3. The smallest absolute Gasteiger partial charge is 0.265 e. The number of nitrogens with zero attached hydrogens (tertiary/aromatic N) is 1. The Hall–Kier alpha value is -3.06. The molecule has 140 valence electrons. The molecule has 0 radical (unpaired) electrons. The number of anilines is 1. The maximum atomic E-state index is 12.7. The van der Waals surface area contributed by atoms with Crippen LogP contribution in [0, 0.1) is 6.92 Å². The van der Waals surface area contributed by atoms with Gasteiger partial charge in [-0.15, -0.1) is 11.3 Å². The number of nitrogens with one attached hydrogen (secondary N) is 1. The van der Waals surface area contributed by atoms with E-state index >= 15 is 0 Å². The predicted octanol–water partition coefficient (Wildman–Crippen LogP) is 4.40. The third-order valence-electron chi connectivity index (χ3n) is 4.07. The number of amides is 1.